The van der Waals surface area contributed by atoms with E-state index in [1.165, 1.54) is 0 Å². The Bertz CT molecular complexity index is 577. The quantitative estimate of drug-likeness (QED) is 0.850. The summed E-state index contributed by atoms with van der Waals surface area (Å²) in [6.45, 7) is 1.97. The lowest BCUT2D eigenvalue weighted by molar-refractivity contribution is 0.408. The average Bonchev–Trinajstić information content (AvgIpc) is 2.46. The number of benzene rings is 1. The van der Waals surface area contributed by atoms with Gasteiger partial charge in [0.15, 0.2) is 0 Å². The summed E-state index contributed by atoms with van der Waals surface area (Å²) in [5.41, 5.74) is 7.20. The normalized spacial score (nSPS) is 13.8. The van der Waals surface area contributed by atoms with Crippen molar-refractivity contribution in [1.82, 2.24) is 4.98 Å². The number of nitrogens with zero attached hydrogens (tertiary/aromatic N) is 1. The lowest BCUT2D eigenvalue weighted by Crippen LogP contribution is -2.23. The number of methoxy groups -OCH3 is 1. The minimum absolute atomic E-state index is 0.0264. The third kappa shape index (κ3) is 3.45. The van der Waals surface area contributed by atoms with Gasteiger partial charge in [-0.15, -0.1) is 0 Å². The Morgan fingerprint density at radius 2 is 2.00 bits per heavy atom. The van der Waals surface area contributed by atoms with Crippen molar-refractivity contribution in [2.24, 2.45) is 5.73 Å². The number of hydrogen-bond donors (Lipinski definition) is 1. The summed E-state index contributed by atoms with van der Waals surface area (Å²) in [5.74, 6) is 0.828. The van der Waals surface area contributed by atoms with Gasteiger partial charge in [-0.1, -0.05) is 41.6 Å². The fourth-order valence-electron chi connectivity index (χ4n) is 1.93. The predicted octanol–water partition coefficient (Wildman–Crippen LogP) is 3.92. The molecule has 2 N–H and O–H groups in total. The largest absolute Gasteiger partial charge is 0.496 e. The molecule has 20 heavy (non-hydrogen) atoms. The van der Waals surface area contributed by atoms with Gasteiger partial charge in [-0.05, 0) is 25.1 Å². The van der Waals surface area contributed by atoms with E-state index in [4.69, 9.17) is 22.1 Å². The number of ether oxygens (including phenoxy) is 1. The molecule has 0 spiro atoms. The first kappa shape index (κ1) is 15.2. The van der Waals surface area contributed by atoms with Gasteiger partial charge in [-0.25, -0.2) is 4.98 Å². The minimum atomic E-state index is -0.0608. The van der Waals surface area contributed by atoms with Crippen LogP contribution in [0.25, 0.3) is 0 Å². The molecule has 0 saturated carbocycles. The monoisotopic (exact) mass is 308 g/mol. The van der Waals surface area contributed by atoms with E-state index in [1.54, 1.807) is 25.1 Å². The van der Waals surface area contributed by atoms with E-state index in [0.29, 0.717) is 5.02 Å². The maximum absolute atomic E-state index is 6.18. The van der Waals surface area contributed by atoms with Gasteiger partial charge in [0.1, 0.15) is 10.8 Å². The highest BCUT2D eigenvalue weighted by molar-refractivity contribution is 7.99. The summed E-state index contributed by atoms with van der Waals surface area (Å²) in [4.78, 5) is 4.32. The van der Waals surface area contributed by atoms with Crippen molar-refractivity contribution in [2.75, 3.05) is 7.11 Å². The van der Waals surface area contributed by atoms with Gasteiger partial charge in [0.2, 0.25) is 0 Å². The highest BCUT2D eigenvalue weighted by Gasteiger charge is 2.22. The molecule has 2 rings (SSSR count). The Hall–Kier alpha value is -1.23. The van der Waals surface area contributed by atoms with Crippen LogP contribution in [0.5, 0.6) is 5.75 Å². The summed E-state index contributed by atoms with van der Waals surface area (Å²) in [6.07, 6.45) is 1.73. The maximum Gasteiger partial charge on any atom is 0.123 e. The summed E-state index contributed by atoms with van der Waals surface area (Å²) < 4.78 is 5.42. The van der Waals surface area contributed by atoms with E-state index in [-0.39, 0.29) is 11.3 Å². The van der Waals surface area contributed by atoms with Crippen molar-refractivity contribution in [3.8, 4) is 5.75 Å². The molecule has 1 aromatic carbocycles. The number of pyridine rings is 1. The fourth-order valence-corrected chi connectivity index (χ4v) is 3.27. The molecule has 0 aliphatic heterocycles. The number of nitrogens with two attached hydrogens (primary N) is 1. The van der Waals surface area contributed by atoms with E-state index in [1.807, 2.05) is 43.3 Å². The van der Waals surface area contributed by atoms with Gasteiger partial charge < -0.3 is 10.5 Å². The first-order chi connectivity index (χ1) is 9.63. The summed E-state index contributed by atoms with van der Waals surface area (Å²) in [7, 11) is 1.66. The number of rotatable bonds is 5. The molecular weight excluding hydrogens is 292 g/mol. The van der Waals surface area contributed by atoms with Crippen LogP contribution in [0.4, 0.5) is 0 Å². The second-order valence-electron chi connectivity index (χ2n) is 4.43. The molecule has 106 valence electrons. The van der Waals surface area contributed by atoms with E-state index in [0.717, 1.165) is 16.3 Å². The van der Waals surface area contributed by atoms with Crippen molar-refractivity contribution in [2.45, 2.75) is 23.2 Å². The van der Waals surface area contributed by atoms with Gasteiger partial charge in [0.25, 0.3) is 0 Å². The number of aromatic nitrogens is 1. The topological polar surface area (TPSA) is 48.1 Å². The van der Waals surface area contributed by atoms with Crippen LogP contribution in [0.3, 0.4) is 0 Å². The van der Waals surface area contributed by atoms with Crippen LogP contribution < -0.4 is 10.5 Å². The number of thioether (sulfide) groups is 1. The first-order valence-corrected chi connectivity index (χ1v) is 7.55. The Morgan fingerprint density at radius 1 is 1.25 bits per heavy atom. The Balaban J connectivity index is 2.35. The number of halogens is 1. The molecule has 0 amide bonds. The molecular formula is C15H17ClN2OS. The number of para-hydroxylation sites is 1. The fraction of sp³-hybridized carbons (Fsp3) is 0.267. The second kappa shape index (κ2) is 6.97. The zero-order chi connectivity index (χ0) is 14.5. The van der Waals surface area contributed by atoms with Gasteiger partial charge in [0.05, 0.1) is 17.4 Å². The Labute approximate surface area is 128 Å². The molecule has 0 aliphatic carbocycles. The van der Waals surface area contributed by atoms with Crippen LogP contribution in [0.1, 0.15) is 17.7 Å². The Morgan fingerprint density at radius 3 is 2.65 bits per heavy atom. The van der Waals surface area contributed by atoms with Crippen LogP contribution in [0.15, 0.2) is 47.6 Å². The van der Waals surface area contributed by atoms with Gasteiger partial charge in [-0.3, -0.25) is 0 Å². The zero-order valence-electron chi connectivity index (χ0n) is 11.4. The summed E-state index contributed by atoms with van der Waals surface area (Å²) >= 11 is 7.74. The van der Waals surface area contributed by atoms with E-state index >= 15 is 0 Å². The number of hydrogen-bond acceptors (Lipinski definition) is 4. The van der Waals surface area contributed by atoms with Crippen molar-refractivity contribution in [3.63, 3.8) is 0 Å². The van der Waals surface area contributed by atoms with Gasteiger partial charge >= 0.3 is 0 Å². The van der Waals surface area contributed by atoms with E-state index < -0.39 is 0 Å². The molecule has 2 unspecified atom stereocenters. The molecule has 0 radical (unpaired) electrons. The summed E-state index contributed by atoms with van der Waals surface area (Å²) in [5, 5.41) is 1.44. The van der Waals surface area contributed by atoms with Crippen LogP contribution in [0, 0.1) is 0 Å². The Kier molecular flexibility index (Phi) is 5.29. The van der Waals surface area contributed by atoms with Crippen molar-refractivity contribution >= 4 is 23.4 Å². The third-order valence-corrected chi connectivity index (χ3v) is 4.79. The lowest BCUT2D eigenvalue weighted by Gasteiger charge is -2.22. The van der Waals surface area contributed by atoms with Crippen LogP contribution in [-0.2, 0) is 0 Å². The van der Waals surface area contributed by atoms with Crippen molar-refractivity contribution < 1.29 is 4.74 Å². The zero-order valence-corrected chi connectivity index (χ0v) is 13.0. The summed E-state index contributed by atoms with van der Waals surface area (Å²) in [6, 6.07) is 11.5. The molecule has 0 fully saturated rings. The SMILES string of the molecule is COc1ccccc1C(Sc1ncccc1Cl)C(C)N. The molecule has 2 aromatic rings. The van der Waals surface area contributed by atoms with E-state index in [2.05, 4.69) is 4.98 Å². The van der Waals surface area contributed by atoms with Crippen molar-refractivity contribution in [1.29, 1.82) is 0 Å². The third-order valence-electron chi connectivity index (χ3n) is 2.89. The van der Waals surface area contributed by atoms with Gasteiger partial charge in [0, 0.05) is 17.8 Å². The molecule has 1 aromatic heterocycles. The van der Waals surface area contributed by atoms with E-state index in [9.17, 15) is 0 Å². The predicted molar refractivity (Wildman–Crippen MR) is 84.5 cm³/mol. The molecule has 0 saturated heterocycles. The standard InChI is InChI=1S/C15H17ClN2OS/c1-10(17)14(11-6-3-4-8-13(11)19-2)20-15-12(16)7-5-9-18-15/h3-10,14H,17H2,1-2H3. The molecule has 3 nitrogen and oxygen atoms in total. The maximum atomic E-state index is 6.18. The highest BCUT2D eigenvalue weighted by atomic mass is 35.5. The minimum Gasteiger partial charge on any atom is -0.496 e. The van der Waals surface area contributed by atoms with Crippen LogP contribution in [0.2, 0.25) is 5.02 Å². The average molecular weight is 309 g/mol. The van der Waals surface area contributed by atoms with Gasteiger partial charge in [-0.2, -0.15) is 0 Å². The molecule has 0 bridgehead atoms. The van der Waals surface area contributed by atoms with Crippen molar-refractivity contribution in [3.05, 3.63) is 53.2 Å². The molecule has 2 atom stereocenters. The smallest absolute Gasteiger partial charge is 0.123 e. The van der Waals surface area contributed by atoms with Crippen LogP contribution >= 0.6 is 23.4 Å². The first-order valence-electron chi connectivity index (χ1n) is 6.29. The molecule has 0 aliphatic rings. The second-order valence-corrected chi connectivity index (χ2v) is 5.97. The lowest BCUT2D eigenvalue weighted by atomic mass is 10.1. The molecule has 1 heterocycles. The molecule has 5 heteroatoms. The highest BCUT2D eigenvalue weighted by Crippen LogP contribution is 2.42. The van der Waals surface area contributed by atoms with Crippen LogP contribution in [-0.4, -0.2) is 18.1 Å².